The number of hydrogen-bond acceptors (Lipinski definition) is 5. The molecule has 0 aliphatic carbocycles. The zero-order chi connectivity index (χ0) is 19.4. The van der Waals surface area contributed by atoms with Gasteiger partial charge in [-0.3, -0.25) is 19.1 Å². The number of H-pyrrole nitrogens is 1. The van der Waals surface area contributed by atoms with Gasteiger partial charge in [0.25, 0.3) is 11.5 Å². The summed E-state index contributed by atoms with van der Waals surface area (Å²) in [6.07, 6.45) is 6.06. The van der Waals surface area contributed by atoms with Gasteiger partial charge in [-0.05, 0) is 25.8 Å². The molecule has 9 heteroatoms. The number of nitrogens with one attached hydrogen (secondary N) is 1. The molecule has 0 radical (unpaired) electrons. The first-order chi connectivity index (χ1) is 13.0. The summed E-state index contributed by atoms with van der Waals surface area (Å²) < 4.78 is 1.67. The third-order valence-corrected chi connectivity index (χ3v) is 4.77. The van der Waals surface area contributed by atoms with Crippen LogP contribution in [0.25, 0.3) is 0 Å². The Morgan fingerprint density at radius 2 is 1.96 bits per heavy atom. The van der Waals surface area contributed by atoms with Crippen LogP contribution in [0.3, 0.4) is 0 Å². The van der Waals surface area contributed by atoms with Crippen LogP contribution in [0.4, 0.5) is 0 Å². The van der Waals surface area contributed by atoms with Crippen molar-refractivity contribution < 1.29 is 9.59 Å². The van der Waals surface area contributed by atoms with Crippen LogP contribution in [-0.4, -0.2) is 67.5 Å². The summed E-state index contributed by atoms with van der Waals surface area (Å²) in [6.45, 7) is 5.49. The molecule has 0 aromatic carbocycles. The summed E-state index contributed by atoms with van der Waals surface area (Å²) in [5.41, 5.74) is -0.405. The second-order valence-electron chi connectivity index (χ2n) is 6.59. The largest absolute Gasteiger partial charge is 0.339 e. The van der Waals surface area contributed by atoms with Crippen LogP contribution >= 0.6 is 0 Å². The molecule has 3 heterocycles. The number of aromatic amines is 1. The third-order valence-electron chi connectivity index (χ3n) is 4.77. The number of rotatable bonds is 4. The zero-order valence-electron chi connectivity index (χ0n) is 15.6. The Kier molecular flexibility index (Phi) is 5.68. The first kappa shape index (κ1) is 18.8. The zero-order valence-corrected chi connectivity index (χ0v) is 15.6. The van der Waals surface area contributed by atoms with Crippen molar-refractivity contribution in [2.24, 2.45) is 0 Å². The fourth-order valence-electron chi connectivity index (χ4n) is 3.30. The van der Waals surface area contributed by atoms with Gasteiger partial charge in [-0.25, -0.2) is 4.98 Å². The minimum Gasteiger partial charge on any atom is -0.339 e. The average Bonchev–Trinajstić information content (AvgIpc) is 3.05. The number of hydrogen-bond donors (Lipinski definition) is 1. The molecule has 2 aromatic rings. The summed E-state index contributed by atoms with van der Waals surface area (Å²) in [6, 6.07) is 1.46. The van der Waals surface area contributed by atoms with Crippen molar-refractivity contribution in [3.05, 3.63) is 46.4 Å². The van der Waals surface area contributed by atoms with E-state index in [9.17, 15) is 14.4 Å². The molecule has 0 bridgehead atoms. The number of carbonyl (C=O) groups excluding carboxylic acids is 2. The van der Waals surface area contributed by atoms with E-state index >= 15 is 0 Å². The topological polar surface area (TPSA) is 104 Å². The normalized spacial score (nSPS) is 16.1. The molecule has 1 fully saturated rings. The van der Waals surface area contributed by atoms with Gasteiger partial charge in [0.1, 0.15) is 17.4 Å². The second-order valence-corrected chi connectivity index (χ2v) is 6.59. The molecule has 1 N–H and O–H groups in total. The monoisotopic (exact) mass is 372 g/mol. The van der Waals surface area contributed by atoms with Crippen molar-refractivity contribution in [1.82, 2.24) is 29.5 Å². The Morgan fingerprint density at radius 3 is 2.63 bits per heavy atom. The van der Waals surface area contributed by atoms with Crippen LogP contribution in [-0.2, 0) is 4.79 Å². The van der Waals surface area contributed by atoms with Crippen molar-refractivity contribution in [1.29, 1.82) is 0 Å². The van der Waals surface area contributed by atoms with Crippen molar-refractivity contribution in [3.8, 4) is 0 Å². The summed E-state index contributed by atoms with van der Waals surface area (Å²) in [7, 11) is 0. The molecule has 9 nitrogen and oxygen atoms in total. The lowest BCUT2D eigenvalue weighted by molar-refractivity contribution is -0.135. The van der Waals surface area contributed by atoms with E-state index in [-0.39, 0.29) is 23.4 Å². The van der Waals surface area contributed by atoms with E-state index in [0.29, 0.717) is 44.8 Å². The van der Waals surface area contributed by atoms with Gasteiger partial charge < -0.3 is 14.8 Å². The van der Waals surface area contributed by atoms with Crippen molar-refractivity contribution in [2.45, 2.75) is 32.7 Å². The first-order valence-corrected chi connectivity index (χ1v) is 9.14. The van der Waals surface area contributed by atoms with Gasteiger partial charge in [-0.15, -0.1) is 0 Å². The molecular weight excluding hydrogens is 348 g/mol. The lowest BCUT2D eigenvalue weighted by Gasteiger charge is -2.26. The highest BCUT2D eigenvalue weighted by atomic mass is 16.2. The number of amides is 2. The Bertz CT molecular complexity index is 860. The van der Waals surface area contributed by atoms with Gasteiger partial charge in [0.05, 0.1) is 0 Å². The van der Waals surface area contributed by atoms with E-state index in [1.807, 2.05) is 6.92 Å². The molecule has 0 saturated carbocycles. The summed E-state index contributed by atoms with van der Waals surface area (Å²) in [4.78, 5) is 47.6. The molecule has 27 heavy (non-hydrogen) atoms. The van der Waals surface area contributed by atoms with E-state index in [1.165, 1.54) is 6.20 Å². The molecule has 1 aliphatic heterocycles. The smallest absolute Gasteiger partial charge is 0.263 e. The highest BCUT2D eigenvalue weighted by molar-refractivity contribution is 5.93. The predicted molar refractivity (Wildman–Crippen MR) is 98.3 cm³/mol. The number of aromatic nitrogens is 4. The number of nitrogens with zero attached hydrogens (tertiary/aromatic N) is 5. The van der Waals surface area contributed by atoms with Crippen molar-refractivity contribution >= 4 is 11.8 Å². The Morgan fingerprint density at radius 1 is 1.22 bits per heavy atom. The lowest BCUT2D eigenvalue weighted by Crippen LogP contribution is -2.41. The molecule has 2 amide bonds. The molecule has 1 aliphatic rings. The van der Waals surface area contributed by atoms with E-state index < -0.39 is 5.56 Å². The van der Waals surface area contributed by atoms with E-state index in [0.717, 1.165) is 0 Å². The van der Waals surface area contributed by atoms with E-state index in [4.69, 9.17) is 0 Å². The van der Waals surface area contributed by atoms with Gasteiger partial charge in [0, 0.05) is 44.8 Å². The highest BCUT2D eigenvalue weighted by Crippen LogP contribution is 2.16. The van der Waals surface area contributed by atoms with Gasteiger partial charge in [-0.1, -0.05) is 6.92 Å². The van der Waals surface area contributed by atoms with Crippen LogP contribution in [0.5, 0.6) is 0 Å². The SMILES string of the molecule is CCC(C(=O)N1CCCN(C(=O)c2cnc(C)[nH]c2=O)CC1)n1cccn1. The Hall–Kier alpha value is -2.97. The van der Waals surface area contributed by atoms with Gasteiger partial charge >= 0.3 is 0 Å². The van der Waals surface area contributed by atoms with Gasteiger partial charge in [0.2, 0.25) is 5.91 Å². The highest BCUT2D eigenvalue weighted by Gasteiger charge is 2.28. The van der Waals surface area contributed by atoms with E-state index in [2.05, 4.69) is 15.1 Å². The third kappa shape index (κ3) is 4.07. The maximum Gasteiger partial charge on any atom is 0.263 e. The quantitative estimate of drug-likeness (QED) is 0.846. The van der Waals surface area contributed by atoms with Crippen LogP contribution in [0.1, 0.15) is 42.0 Å². The van der Waals surface area contributed by atoms with Crippen LogP contribution in [0.2, 0.25) is 0 Å². The molecular formula is C18H24N6O3. The average molecular weight is 372 g/mol. The van der Waals surface area contributed by atoms with Gasteiger partial charge in [0.15, 0.2) is 0 Å². The van der Waals surface area contributed by atoms with Crippen LogP contribution in [0, 0.1) is 6.92 Å². The number of aryl methyl sites for hydroxylation is 1. The lowest BCUT2D eigenvalue weighted by atomic mass is 10.2. The molecule has 2 aromatic heterocycles. The fraction of sp³-hybridized carbons (Fsp3) is 0.500. The molecule has 1 atom stereocenters. The molecule has 144 valence electrons. The fourth-order valence-corrected chi connectivity index (χ4v) is 3.30. The minimum absolute atomic E-state index is 0.00495. The summed E-state index contributed by atoms with van der Waals surface area (Å²) >= 11 is 0. The molecule has 0 spiro atoms. The maximum atomic E-state index is 12.9. The summed E-state index contributed by atoms with van der Waals surface area (Å²) in [5, 5.41) is 4.19. The summed E-state index contributed by atoms with van der Waals surface area (Å²) in [5.74, 6) is 0.121. The van der Waals surface area contributed by atoms with Gasteiger partial charge in [-0.2, -0.15) is 5.10 Å². The molecule has 1 unspecified atom stereocenters. The number of carbonyl (C=O) groups is 2. The Labute approximate surface area is 157 Å². The molecule has 3 rings (SSSR count). The first-order valence-electron chi connectivity index (χ1n) is 9.14. The standard InChI is InChI=1S/C18H24N6O3/c1-3-15(24-9-4-6-20-24)18(27)23-8-5-7-22(10-11-23)17(26)14-12-19-13(2)21-16(14)25/h4,6,9,12,15H,3,5,7-8,10-11H2,1-2H3,(H,19,21,25). The Balaban J connectivity index is 1.69. The van der Waals surface area contributed by atoms with Crippen molar-refractivity contribution in [2.75, 3.05) is 26.2 Å². The second kappa shape index (κ2) is 8.15. The maximum absolute atomic E-state index is 12.9. The molecule has 1 saturated heterocycles. The minimum atomic E-state index is -0.436. The predicted octanol–water partition coefficient (Wildman–Crippen LogP) is 0.601. The van der Waals surface area contributed by atoms with E-state index in [1.54, 1.807) is 39.9 Å². The van der Waals surface area contributed by atoms with Crippen molar-refractivity contribution in [3.63, 3.8) is 0 Å². The van der Waals surface area contributed by atoms with Crippen LogP contribution < -0.4 is 5.56 Å². The van der Waals surface area contributed by atoms with Crippen LogP contribution in [0.15, 0.2) is 29.5 Å².